The highest BCUT2D eigenvalue weighted by Gasteiger charge is 2.54. The number of hydrogen-bond donors (Lipinski definition) is 2. The number of rotatable bonds is 6. The zero-order valence-electron chi connectivity index (χ0n) is 16.7. The number of nitrogens with zero attached hydrogens (tertiary/aromatic N) is 2. The average Bonchev–Trinajstić information content (AvgIpc) is 3.01. The third-order valence-corrected chi connectivity index (χ3v) is 6.29. The molecule has 2 atom stereocenters. The molecule has 0 spiro atoms. The van der Waals surface area contributed by atoms with Gasteiger partial charge in [0.25, 0.3) is 0 Å². The third kappa shape index (κ3) is 3.59. The van der Waals surface area contributed by atoms with Crippen LogP contribution in [0.2, 0.25) is 0 Å². The largest absolute Gasteiger partial charge is 0.416 e. The summed E-state index contributed by atoms with van der Waals surface area (Å²) in [5, 5.41) is 15.0. The van der Waals surface area contributed by atoms with Crippen LogP contribution in [0.1, 0.15) is 30.0 Å². The van der Waals surface area contributed by atoms with Gasteiger partial charge in [0, 0.05) is 18.1 Å². The number of halogens is 3. The molecule has 1 aliphatic heterocycles. The molecule has 162 valence electrons. The molecule has 0 saturated heterocycles. The van der Waals surface area contributed by atoms with Crippen molar-refractivity contribution in [2.24, 2.45) is 5.10 Å². The van der Waals surface area contributed by atoms with Gasteiger partial charge in [-0.1, -0.05) is 30.2 Å². The molecule has 1 aliphatic rings. The SMILES string of the molecule is CCC(CO)(c1ccc(C(F)(F)F)cc1)[N+]1(C)N=Cc2c(NS(C)(=O)=O)cccc21. The maximum Gasteiger partial charge on any atom is 0.416 e. The molecule has 0 aliphatic carbocycles. The third-order valence-electron chi connectivity index (χ3n) is 5.69. The van der Waals surface area contributed by atoms with Crippen molar-refractivity contribution in [2.75, 3.05) is 24.6 Å². The van der Waals surface area contributed by atoms with E-state index in [-0.39, 0.29) is 11.2 Å². The highest BCUT2D eigenvalue weighted by Crippen LogP contribution is 2.47. The second-order valence-electron chi connectivity index (χ2n) is 7.43. The van der Waals surface area contributed by atoms with Gasteiger partial charge in [0.2, 0.25) is 10.0 Å². The molecule has 0 bridgehead atoms. The van der Waals surface area contributed by atoms with Crippen molar-refractivity contribution in [2.45, 2.75) is 25.1 Å². The Morgan fingerprint density at radius 1 is 1.10 bits per heavy atom. The van der Waals surface area contributed by atoms with Gasteiger partial charge in [-0.3, -0.25) is 4.72 Å². The summed E-state index contributed by atoms with van der Waals surface area (Å²) in [4.78, 5) is 0. The summed E-state index contributed by atoms with van der Waals surface area (Å²) in [5.74, 6) is 0. The fourth-order valence-corrected chi connectivity index (χ4v) is 4.58. The molecule has 2 aromatic rings. The van der Waals surface area contributed by atoms with E-state index in [1.807, 2.05) is 6.92 Å². The van der Waals surface area contributed by atoms with Crippen LogP contribution in [0.3, 0.4) is 0 Å². The Labute approximate surface area is 173 Å². The minimum Gasteiger partial charge on any atom is -0.389 e. The molecule has 10 heteroatoms. The molecule has 2 N–H and O–H groups in total. The first kappa shape index (κ1) is 22.3. The van der Waals surface area contributed by atoms with Crippen molar-refractivity contribution in [3.63, 3.8) is 0 Å². The molecule has 0 saturated carbocycles. The van der Waals surface area contributed by atoms with Crippen LogP contribution in [-0.4, -0.2) is 39.6 Å². The Kier molecular flexibility index (Phi) is 5.46. The number of anilines is 1. The normalized spacial score (nSPS) is 20.6. The van der Waals surface area contributed by atoms with Crippen LogP contribution in [0.25, 0.3) is 0 Å². The number of quaternary nitrogens is 1. The quantitative estimate of drug-likeness (QED) is 0.671. The molecule has 2 aromatic carbocycles. The Morgan fingerprint density at radius 2 is 1.70 bits per heavy atom. The van der Waals surface area contributed by atoms with Gasteiger partial charge in [-0.2, -0.15) is 17.8 Å². The van der Waals surface area contributed by atoms with E-state index in [1.54, 1.807) is 25.2 Å². The minimum absolute atomic E-state index is 0.167. The lowest BCUT2D eigenvalue weighted by Gasteiger charge is -2.43. The first-order valence-electron chi connectivity index (χ1n) is 9.20. The molecular formula is C20H23F3N3O3S+. The lowest BCUT2D eigenvalue weighted by atomic mass is 9.84. The van der Waals surface area contributed by atoms with Crippen molar-refractivity contribution in [1.29, 1.82) is 0 Å². The van der Waals surface area contributed by atoms with Gasteiger partial charge >= 0.3 is 6.18 Å². The molecule has 2 unspecified atom stereocenters. The highest BCUT2D eigenvalue weighted by atomic mass is 32.2. The monoisotopic (exact) mass is 442 g/mol. The van der Waals surface area contributed by atoms with Gasteiger partial charge in [-0.25, -0.2) is 8.42 Å². The van der Waals surface area contributed by atoms with Gasteiger partial charge in [-0.05, 0) is 18.2 Å². The Bertz CT molecular complexity index is 1080. The lowest BCUT2D eigenvalue weighted by molar-refractivity contribution is -0.137. The van der Waals surface area contributed by atoms with Gasteiger partial charge in [0.05, 0.1) is 36.3 Å². The van der Waals surface area contributed by atoms with Crippen LogP contribution in [0.15, 0.2) is 47.6 Å². The maximum atomic E-state index is 13.0. The van der Waals surface area contributed by atoms with E-state index < -0.39 is 27.3 Å². The molecule has 0 aromatic heterocycles. The molecule has 3 rings (SSSR count). The van der Waals surface area contributed by atoms with E-state index in [9.17, 15) is 26.7 Å². The van der Waals surface area contributed by atoms with Crippen molar-refractivity contribution >= 4 is 27.6 Å². The average molecular weight is 442 g/mol. The van der Waals surface area contributed by atoms with Crippen molar-refractivity contribution < 1.29 is 26.7 Å². The number of aliphatic hydroxyl groups is 1. The molecule has 0 radical (unpaired) electrons. The smallest absolute Gasteiger partial charge is 0.389 e. The Morgan fingerprint density at radius 3 is 2.20 bits per heavy atom. The van der Waals surface area contributed by atoms with Gasteiger partial charge < -0.3 is 5.11 Å². The predicted molar refractivity (Wildman–Crippen MR) is 111 cm³/mol. The molecule has 0 fully saturated rings. The van der Waals surface area contributed by atoms with E-state index in [1.165, 1.54) is 18.3 Å². The van der Waals surface area contributed by atoms with Crippen molar-refractivity contribution in [3.8, 4) is 0 Å². The first-order valence-corrected chi connectivity index (χ1v) is 11.1. The molecule has 0 amide bonds. The lowest BCUT2D eigenvalue weighted by Crippen LogP contribution is -2.58. The summed E-state index contributed by atoms with van der Waals surface area (Å²) in [5.41, 5.74) is 0.158. The number of benzene rings is 2. The van der Waals surface area contributed by atoms with Crippen LogP contribution in [-0.2, 0) is 21.7 Å². The number of hydrogen-bond acceptors (Lipinski definition) is 4. The zero-order chi connectivity index (χ0) is 22.4. The second kappa shape index (κ2) is 7.36. The molecule has 1 heterocycles. The predicted octanol–water partition coefficient (Wildman–Crippen LogP) is 3.66. The van der Waals surface area contributed by atoms with Crippen LogP contribution >= 0.6 is 0 Å². The van der Waals surface area contributed by atoms with Gasteiger partial charge in [0.15, 0.2) is 11.2 Å². The van der Waals surface area contributed by atoms with E-state index in [4.69, 9.17) is 0 Å². The fraction of sp³-hybridized carbons (Fsp3) is 0.350. The first-order chi connectivity index (χ1) is 13.9. The molecule has 30 heavy (non-hydrogen) atoms. The summed E-state index contributed by atoms with van der Waals surface area (Å²) in [6.07, 6.45) is -1.53. The summed E-state index contributed by atoms with van der Waals surface area (Å²) in [6.45, 7) is 1.44. The number of sulfonamides is 1. The number of aliphatic hydroxyl groups excluding tert-OH is 1. The fourth-order valence-electron chi connectivity index (χ4n) is 4.01. The number of likely N-dealkylation sites (N-methyl/N-ethyl adjacent to an activating group) is 1. The Hall–Kier alpha value is -2.43. The molecule has 6 nitrogen and oxygen atoms in total. The van der Waals surface area contributed by atoms with E-state index in [0.29, 0.717) is 28.9 Å². The van der Waals surface area contributed by atoms with Gasteiger partial charge in [-0.15, -0.1) is 0 Å². The highest BCUT2D eigenvalue weighted by molar-refractivity contribution is 7.92. The summed E-state index contributed by atoms with van der Waals surface area (Å²) >= 11 is 0. The summed E-state index contributed by atoms with van der Waals surface area (Å²) in [7, 11) is -1.79. The summed E-state index contributed by atoms with van der Waals surface area (Å²) < 4.78 is 64.7. The molecular weight excluding hydrogens is 419 g/mol. The zero-order valence-corrected chi connectivity index (χ0v) is 17.5. The van der Waals surface area contributed by atoms with Gasteiger partial charge in [0.1, 0.15) is 6.61 Å². The minimum atomic E-state index is -4.46. The van der Waals surface area contributed by atoms with Crippen molar-refractivity contribution in [3.05, 3.63) is 59.2 Å². The van der Waals surface area contributed by atoms with E-state index in [0.717, 1.165) is 18.4 Å². The van der Waals surface area contributed by atoms with E-state index >= 15 is 0 Å². The van der Waals surface area contributed by atoms with E-state index in [2.05, 4.69) is 9.82 Å². The number of fused-ring (bicyclic) bond motifs is 1. The Balaban J connectivity index is 2.15. The second-order valence-corrected chi connectivity index (χ2v) is 9.18. The standard InChI is InChI=1S/C20H23F3N3O3S/c1-4-19(13-27,14-8-10-15(11-9-14)20(21,22)23)26(2)18-7-5-6-17(16(18)12-24-26)25-30(3,28)29/h5-12,25,27H,4,13H2,1-3H3/q+1. The van der Waals surface area contributed by atoms with Crippen LogP contribution < -0.4 is 9.31 Å². The van der Waals surface area contributed by atoms with Crippen LogP contribution in [0.4, 0.5) is 24.5 Å². The van der Waals surface area contributed by atoms with Crippen LogP contribution in [0.5, 0.6) is 0 Å². The van der Waals surface area contributed by atoms with Crippen LogP contribution in [0, 0.1) is 0 Å². The number of alkyl halides is 3. The topological polar surface area (TPSA) is 78.8 Å². The number of nitrogens with one attached hydrogen (secondary N) is 1. The van der Waals surface area contributed by atoms with Crippen molar-refractivity contribution in [1.82, 2.24) is 4.59 Å². The maximum absolute atomic E-state index is 13.0. The summed E-state index contributed by atoms with van der Waals surface area (Å²) in [6, 6.07) is 9.73.